The van der Waals surface area contributed by atoms with Crippen molar-refractivity contribution in [3.63, 3.8) is 0 Å². The number of hydrogen-bond acceptors (Lipinski definition) is 6. The van der Waals surface area contributed by atoms with Crippen LogP contribution in [0.15, 0.2) is 18.2 Å². The van der Waals surface area contributed by atoms with E-state index in [1.54, 1.807) is 19.1 Å². The molecule has 178 valence electrons. The average Bonchev–Trinajstić information content (AvgIpc) is 2.76. The minimum atomic E-state index is -0.546. The van der Waals surface area contributed by atoms with Crippen LogP contribution in [-0.4, -0.2) is 50.0 Å². The number of carbonyl (C=O) groups excluding carboxylic acids is 4. The van der Waals surface area contributed by atoms with Crippen LogP contribution in [0.2, 0.25) is 0 Å². The molecule has 0 spiro atoms. The highest BCUT2D eigenvalue weighted by Gasteiger charge is 2.16. The molecule has 0 bridgehead atoms. The van der Waals surface area contributed by atoms with Crippen LogP contribution in [0.1, 0.15) is 69.7 Å². The predicted octanol–water partition coefficient (Wildman–Crippen LogP) is 2.79. The topological polar surface area (TPSA) is 123 Å². The minimum absolute atomic E-state index is 0.185. The Kier molecular flexibility index (Phi) is 13.2. The Morgan fingerprint density at radius 1 is 0.906 bits per heavy atom. The molecule has 3 N–H and O–H groups in total. The Bertz CT molecular complexity index is 766. The van der Waals surface area contributed by atoms with Crippen molar-refractivity contribution in [3.05, 3.63) is 23.8 Å². The van der Waals surface area contributed by atoms with Crippen LogP contribution in [0.25, 0.3) is 0 Å². The van der Waals surface area contributed by atoms with E-state index in [9.17, 15) is 19.2 Å². The summed E-state index contributed by atoms with van der Waals surface area (Å²) in [4.78, 5) is 47.2. The first-order valence-electron chi connectivity index (χ1n) is 11.1. The van der Waals surface area contributed by atoms with Crippen molar-refractivity contribution in [1.82, 2.24) is 10.6 Å². The van der Waals surface area contributed by atoms with Gasteiger partial charge in [0.05, 0.1) is 25.3 Å². The molecular weight excluding hydrogens is 414 g/mol. The first-order chi connectivity index (χ1) is 15.4. The van der Waals surface area contributed by atoms with E-state index < -0.39 is 17.8 Å². The smallest absolute Gasteiger partial charge is 0.325 e. The molecule has 9 heteroatoms. The summed E-state index contributed by atoms with van der Waals surface area (Å²) in [5.74, 6) is -1.46. The Balaban J connectivity index is 2.79. The molecule has 0 fully saturated rings. The maximum absolute atomic E-state index is 12.7. The lowest BCUT2D eigenvalue weighted by molar-refractivity contribution is -0.141. The number of esters is 1. The normalized spacial score (nSPS) is 10.2. The van der Waals surface area contributed by atoms with Crippen LogP contribution in [0, 0.1) is 0 Å². The fraction of sp³-hybridized carbons (Fsp3) is 0.565. The van der Waals surface area contributed by atoms with Crippen LogP contribution >= 0.6 is 0 Å². The van der Waals surface area contributed by atoms with Gasteiger partial charge in [0, 0.05) is 12.6 Å². The molecule has 9 nitrogen and oxygen atoms in total. The van der Waals surface area contributed by atoms with E-state index in [2.05, 4.69) is 22.9 Å². The van der Waals surface area contributed by atoms with Gasteiger partial charge in [-0.3, -0.25) is 19.2 Å². The van der Waals surface area contributed by atoms with Crippen LogP contribution in [0.5, 0.6) is 5.75 Å². The first-order valence-corrected chi connectivity index (χ1v) is 11.1. The van der Waals surface area contributed by atoms with Gasteiger partial charge in [0.15, 0.2) is 0 Å². The van der Waals surface area contributed by atoms with Gasteiger partial charge in [-0.05, 0) is 31.5 Å². The van der Waals surface area contributed by atoms with Gasteiger partial charge >= 0.3 is 5.97 Å². The number of amides is 3. The number of hydrogen-bond donors (Lipinski definition) is 3. The van der Waals surface area contributed by atoms with Gasteiger partial charge < -0.3 is 25.4 Å². The molecular formula is C23H35N3O6. The van der Waals surface area contributed by atoms with Gasteiger partial charge in [-0.2, -0.15) is 0 Å². The molecule has 0 radical (unpaired) electrons. The Morgan fingerprint density at radius 3 is 2.31 bits per heavy atom. The number of carbonyl (C=O) groups is 4. The molecule has 0 aliphatic rings. The molecule has 0 saturated heterocycles. The van der Waals surface area contributed by atoms with Crippen LogP contribution < -0.4 is 20.7 Å². The first kappa shape index (κ1) is 26.9. The second kappa shape index (κ2) is 15.7. The second-order valence-corrected chi connectivity index (χ2v) is 7.27. The maximum Gasteiger partial charge on any atom is 0.325 e. The molecule has 0 heterocycles. The fourth-order valence-corrected chi connectivity index (χ4v) is 2.85. The maximum atomic E-state index is 12.7. The van der Waals surface area contributed by atoms with E-state index in [4.69, 9.17) is 9.47 Å². The van der Waals surface area contributed by atoms with Crippen molar-refractivity contribution in [2.45, 2.75) is 59.3 Å². The number of rotatable bonds is 15. The summed E-state index contributed by atoms with van der Waals surface area (Å²) < 4.78 is 10.6. The molecule has 32 heavy (non-hydrogen) atoms. The zero-order chi connectivity index (χ0) is 23.8. The van der Waals surface area contributed by atoms with E-state index in [-0.39, 0.29) is 31.2 Å². The average molecular weight is 450 g/mol. The summed E-state index contributed by atoms with van der Waals surface area (Å²) in [5, 5.41) is 7.53. The molecule has 0 atom stereocenters. The van der Waals surface area contributed by atoms with Crippen molar-refractivity contribution >= 4 is 29.4 Å². The third kappa shape index (κ3) is 11.3. The summed E-state index contributed by atoms with van der Waals surface area (Å²) in [6.07, 6.45) is 6.66. The zero-order valence-electron chi connectivity index (χ0n) is 19.3. The van der Waals surface area contributed by atoms with E-state index >= 15 is 0 Å². The Morgan fingerprint density at radius 2 is 1.62 bits per heavy atom. The van der Waals surface area contributed by atoms with E-state index in [0.29, 0.717) is 18.0 Å². The molecule has 0 aliphatic heterocycles. The highest BCUT2D eigenvalue weighted by atomic mass is 16.5. The number of anilines is 1. The SMILES string of the molecule is CCCCCCCCOc1ccc(NC(=O)CNC(C)=O)cc1C(=O)NCC(=O)OCC. The Hall–Kier alpha value is -3.10. The molecule has 1 aromatic rings. The molecule has 0 aliphatic carbocycles. The third-order valence-electron chi connectivity index (χ3n) is 4.46. The van der Waals surface area contributed by atoms with Gasteiger partial charge in [0.25, 0.3) is 5.91 Å². The number of benzene rings is 1. The largest absolute Gasteiger partial charge is 0.493 e. The number of ether oxygens (including phenoxy) is 2. The lowest BCUT2D eigenvalue weighted by atomic mass is 10.1. The van der Waals surface area contributed by atoms with E-state index in [0.717, 1.165) is 19.3 Å². The summed E-state index contributed by atoms with van der Waals surface area (Å²) >= 11 is 0. The summed E-state index contributed by atoms with van der Waals surface area (Å²) in [5.41, 5.74) is 0.561. The van der Waals surface area contributed by atoms with Crippen molar-refractivity contribution in [1.29, 1.82) is 0 Å². The third-order valence-corrected chi connectivity index (χ3v) is 4.46. The standard InChI is InChI=1S/C23H35N3O6/c1-4-6-7-8-9-10-13-32-20-12-11-18(26-21(28)15-24-17(3)27)14-19(20)23(30)25-16-22(29)31-5-2/h11-12,14H,4-10,13,15-16H2,1-3H3,(H,24,27)(H,25,30)(H,26,28). The summed E-state index contributed by atoms with van der Waals surface area (Å²) in [6.45, 7) is 5.38. The molecule has 1 rings (SSSR count). The highest BCUT2D eigenvalue weighted by Crippen LogP contribution is 2.23. The zero-order valence-corrected chi connectivity index (χ0v) is 19.3. The van der Waals surface area contributed by atoms with Gasteiger partial charge in [-0.1, -0.05) is 39.0 Å². The summed E-state index contributed by atoms with van der Waals surface area (Å²) in [7, 11) is 0. The van der Waals surface area contributed by atoms with Crippen molar-refractivity contribution in [2.75, 3.05) is 31.6 Å². The van der Waals surface area contributed by atoms with E-state index in [1.165, 1.54) is 32.3 Å². The van der Waals surface area contributed by atoms with Gasteiger partial charge in [-0.15, -0.1) is 0 Å². The second-order valence-electron chi connectivity index (χ2n) is 7.27. The van der Waals surface area contributed by atoms with Crippen molar-refractivity contribution < 1.29 is 28.7 Å². The fourth-order valence-electron chi connectivity index (χ4n) is 2.85. The van der Waals surface area contributed by atoms with Crippen molar-refractivity contribution in [3.8, 4) is 5.75 Å². The molecule has 3 amide bonds. The van der Waals surface area contributed by atoms with Crippen LogP contribution in [0.4, 0.5) is 5.69 Å². The predicted molar refractivity (Wildman–Crippen MR) is 122 cm³/mol. The van der Waals surface area contributed by atoms with Gasteiger partial charge in [-0.25, -0.2) is 0 Å². The van der Waals surface area contributed by atoms with Crippen LogP contribution in [0.3, 0.4) is 0 Å². The monoisotopic (exact) mass is 449 g/mol. The molecule has 0 saturated carbocycles. The minimum Gasteiger partial charge on any atom is -0.493 e. The molecule has 1 aromatic carbocycles. The summed E-state index contributed by atoms with van der Waals surface area (Å²) in [6, 6.07) is 4.69. The van der Waals surface area contributed by atoms with Crippen molar-refractivity contribution in [2.24, 2.45) is 0 Å². The molecule has 0 aromatic heterocycles. The van der Waals surface area contributed by atoms with E-state index in [1.807, 2.05) is 0 Å². The highest BCUT2D eigenvalue weighted by molar-refractivity contribution is 6.01. The quantitative estimate of drug-likeness (QED) is 0.279. The Labute approximate surface area is 189 Å². The van der Waals surface area contributed by atoms with Crippen LogP contribution in [-0.2, 0) is 19.1 Å². The van der Waals surface area contributed by atoms with Gasteiger partial charge in [0.1, 0.15) is 12.3 Å². The lowest BCUT2D eigenvalue weighted by Gasteiger charge is -2.14. The van der Waals surface area contributed by atoms with Gasteiger partial charge in [0.2, 0.25) is 11.8 Å². The molecule has 0 unspecified atom stereocenters. The number of nitrogens with one attached hydrogen (secondary N) is 3. The number of unbranched alkanes of at least 4 members (excludes halogenated alkanes) is 5. The lowest BCUT2D eigenvalue weighted by Crippen LogP contribution is -2.32.